The lowest BCUT2D eigenvalue weighted by molar-refractivity contribution is 0.278. The molecule has 0 aliphatic heterocycles. The van der Waals surface area contributed by atoms with Gasteiger partial charge in [-0.15, -0.1) is 0 Å². The predicted octanol–water partition coefficient (Wildman–Crippen LogP) is 3.66. The molecule has 0 N–H and O–H groups in total. The van der Waals surface area contributed by atoms with E-state index in [1.54, 1.807) is 6.20 Å². The standard InChI is InChI=1S/C17H13N3O2/c1-11-9-14(20-22-11)10-21-15-7-6-13-5-4-12-3-2-8-18-16(12)17(13)19-15/h2-9H,10H2,1H3. The van der Waals surface area contributed by atoms with Gasteiger partial charge in [-0.2, -0.15) is 0 Å². The smallest absolute Gasteiger partial charge is 0.214 e. The van der Waals surface area contributed by atoms with E-state index in [1.807, 2.05) is 49.4 Å². The van der Waals surface area contributed by atoms with Gasteiger partial charge in [0.1, 0.15) is 23.6 Å². The fraction of sp³-hybridized carbons (Fsp3) is 0.118. The number of fused-ring (bicyclic) bond motifs is 3. The zero-order valence-electron chi connectivity index (χ0n) is 12.0. The second-order valence-electron chi connectivity index (χ2n) is 5.08. The molecule has 0 unspecified atom stereocenters. The number of rotatable bonds is 3. The molecule has 22 heavy (non-hydrogen) atoms. The second-order valence-corrected chi connectivity index (χ2v) is 5.08. The molecule has 0 saturated carbocycles. The van der Waals surface area contributed by atoms with Gasteiger partial charge in [-0.05, 0) is 19.1 Å². The first-order valence-corrected chi connectivity index (χ1v) is 6.99. The van der Waals surface area contributed by atoms with Gasteiger partial charge in [-0.1, -0.05) is 23.4 Å². The molecule has 0 radical (unpaired) electrons. The fourth-order valence-electron chi connectivity index (χ4n) is 2.42. The Morgan fingerprint density at radius 1 is 1.05 bits per heavy atom. The van der Waals surface area contributed by atoms with Crippen LogP contribution in [-0.2, 0) is 6.61 Å². The Hall–Kier alpha value is -2.95. The van der Waals surface area contributed by atoms with Gasteiger partial charge in [0.25, 0.3) is 0 Å². The molecule has 108 valence electrons. The molecule has 5 heteroatoms. The quantitative estimate of drug-likeness (QED) is 0.539. The molecule has 0 spiro atoms. The first-order valence-electron chi connectivity index (χ1n) is 6.99. The van der Waals surface area contributed by atoms with Gasteiger partial charge in [0.2, 0.25) is 5.88 Å². The summed E-state index contributed by atoms with van der Waals surface area (Å²) in [6.07, 6.45) is 1.77. The second kappa shape index (κ2) is 5.11. The molecule has 3 aromatic heterocycles. The Balaban J connectivity index is 1.71. The van der Waals surface area contributed by atoms with Crippen molar-refractivity contribution in [2.45, 2.75) is 13.5 Å². The molecule has 0 aliphatic rings. The molecule has 4 rings (SSSR count). The third-order valence-corrected chi connectivity index (χ3v) is 3.45. The molecule has 1 aromatic carbocycles. The summed E-state index contributed by atoms with van der Waals surface area (Å²) in [5.74, 6) is 1.31. The number of hydrogen-bond donors (Lipinski definition) is 0. The maximum Gasteiger partial charge on any atom is 0.214 e. The third-order valence-electron chi connectivity index (χ3n) is 3.45. The maximum atomic E-state index is 5.70. The first kappa shape index (κ1) is 12.8. The number of pyridine rings is 2. The lowest BCUT2D eigenvalue weighted by Gasteiger charge is -2.06. The topological polar surface area (TPSA) is 61.0 Å². The molecular weight excluding hydrogens is 278 g/mol. The van der Waals surface area contributed by atoms with Gasteiger partial charge in [-0.25, -0.2) is 4.98 Å². The lowest BCUT2D eigenvalue weighted by atomic mass is 10.1. The average Bonchev–Trinajstić information content (AvgIpc) is 2.98. The third kappa shape index (κ3) is 2.26. The highest BCUT2D eigenvalue weighted by Crippen LogP contribution is 2.24. The minimum absolute atomic E-state index is 0.327. The SMILES string of the molecule is Cc1cc(COc2ccc3ccc4cccnc4c3n2)no1. The van der Waals surface area contributed by atoms with E-state index in [0.717, 1.165) is 33.3 Å². The highest BCUT2D eigenvalue weighted by atomic mass is 16.5. The lowest BCUT2D eigenvalue weighted by Crippen LogP contribution is -1.97. The van der Waals surface area contributed by atoms with Crippen LogP contribution in [0.15, 0.2) is 53.2 Å². The van der Waals surface area contributed by atoms with Crippen LogP contribution in [0.1, 0.15) is 11.5 Å². The van der Waals surface area contributed by atoms with Crippen molar-refractivity contribution in [1.82, 2.24) is 15.1 Å². The van der Waals surface area contributed by atoms with E-state index in [1.165, 1.54) is 0 Å². The van der Waals surface area contributed by atoms with Crippen LogP contribution in [0.3, 0.4) is 0 Å². The number of aromatic nitrogens is 3. The molecule has 0 bridgehead atoms. The molecule has 3 heterocycles. The Kier molecular flexibility index (Phi) is 2.96. The van der Waals surface area contributed by atoms with Crippen molar-refractivity contribution >= 4 is 21.8 Å². The number of nitrogens with zero attached hydrogens (tertiary/aromatic N) is 3. The molecule has 5 nitrogen and oxygen atoms in total. The predicted molar refractivity (Wildman–Crippen MR) is 82.6 cm³/mol. The summed E-state index contributed by atoms with van der Waals surface area (Å²) in [5, 5.41) is 6.00. The molecule has 0 aliphatic carbocycles. The number of hydrogen-bond acceptors (Lipinski definition) is 5. The summed E-state index contributed by atoms with van der Waals surface area (Å²) >= 11 is 0. The maximum absolute atomic E-state index is 5.70. The van der Waals surface area contributed by atoms with Crippen molar-refractivity contribution in [3.63, 3.8) is 0 Å². The fourth-order valence-corrected chi connectivity index (χ4v) is 2.42. The van der Waals surface area contributed by atoms with Gasteiger partial charge >= 0.3 is 0 Å². The van der Waals surface area contributed by atoms with Crippen LogP contribution in [0, 0.1) is 6.92 Å². The monoisotopic (exact) mass is 291 g/mol. The highest BCUT2D eigenvalue weighted by Gasteiger charge is 2.06. The highest BCUT2D eigenvalue weighted by molar-refractivity contribution is 6.02. The largest absolute Gasteiger partial charge is 0.471 e. The van der Waals surface area contributed by atoms with Crippen molar-refractivity contribution in [1.29, 1.82) is 0 Å². The van der Waals surface area contributed by atoms with Gasteiger partial charge in [0.15, 0.2) is 0 Å². The molecule has 0 atom stereocenters. The van der Waals surface area contributed by atoms with Gasteiger partial charge in [-0.3, -0.25) is 4.98 Å². The van der Waals surface area contributed by atoms with E-state index >= 15 is 0 Å². The van der Waals surface area contributed by atoms with E-state index in [9.17, 15) is 0 Å². The van der Waals surface area contributed by atoms with Crippen LogP contribution in [0.5, 0.6) is 5.88 Å². The van der Waals surface area contributed by atoms with Crippen molar-refractivity contribution < 1.29 is 9.26 Å². The van der Waals surface area contributed by atoms with Gasteiger partial charge < -0.3 is 9.26 Å². The molecule has 0 saturated heterocycles. The van der Waals surface area contributed by atoms with Gasteiger partial charge in [0, 0.05) is 29.1 Å². The number of aryl methyl sites for hydroxylation is 1. The first-order chi connectivity index (χ1) is 10.8. The summed E-state index contributed by atoms with van der Waals surface area (Å²) < 4.78 is 10.7. The van der Waals surface area contributed by atoms with Crippen molar-refractivity contribution in [2.24, 2.45) is 0 Å². The van der Waals surface area contributed by atoms with Crippen LogP contribution in [0.4, 0.5) is 0 Å². The van der Waals surface area contributed by atoms with E-state index in [0.29, 0.717) is 12.5 Å². The Labute approximate surface area is 126 Å². The number of benzene rings is 1. The minimum atomic E-state index is 0.327. The zero-order valence-corrected chi connectivity index (χ0v) is 12.0. The minimum Gasteiger partial charge on any atom is -0.471 e. The average molecular weight is 291 g/mol. The van der Waals surface area contributed by atoms with Crippen LogP contribution < -0.4 is 4.74 Å². The van der Waals surface area contributed by atoms with Gasteiger partial charge in [0.05, 0.1) is 5.52 Å². The Bertz CT molecular complexity index is 962. The summed E-state index contributed by atoms with van der Waals surface area (Å²) in [5.41, 5.74) is 2.46. The molecule has 4 aromatic rings. The normalized spacial score (nSPS) is 11.1. The summed E-state index contributed by atoms with van der Waals surface area (Å²) in [6, 6.07) is 13.7. The molecular formula is C17H13N3O2. The summed E-state index contributed by atoms with van der Waals surface area (Å²) in [7, 11) is 0. The van der Waals surface area contributed by atoms with Crippen molar-refractivity contribution in [2.75, 3.05) is 0 Å². The Morgan fingerprint density at radius 2 is 1.86 bits per heavy atom. The number of ether oxygens (including phenoxy) is 1. The van der Waals surface area contributed by atoms with E-state index < -0.39 is 0 Å². The van der Waals surface area contributed by atoms with Crippen molar-refractivity contribution in [3.8, 4) is 5.88 Å². The van der Waals surface area contributed by atoms with E-state index in [2.05, 4.69) is 15.1 Å². The zero-order chi connectivity index (χ0) is 14.9. The van der Waals surface area contributed by atoms with Crippen LogP contribution in [0.2, 0.25) is 0 Å². The molecule has 0 amide bonds. The molecule has 0 fully saturated rings. The summed E-state index contributed by atoms with van der Waals surface area (Å²) in [6.45, 7) is 2.18. The van der Waals surface area contributed by atoms with E-state index in [-0.39, 0.29) is 0 Å². The van der Waals surface area contributed by atoms with E-state index in [4.69, 9.17) is 9.26 Å². The van der Waals surface area contributed by atoms with Crippen LogP contribution in [-0.4, -0.2) is 15.1 Å². The van der Waals surface area contributed by atoms with Crippen LogP contribution >= 0.6 is 0 Å². The Morgan fingerprint density at radius 3 is 2.68 bits per heavy atom. The van der Waals surface area contributed by atoms with Crippen LogP contribution in [0.25, 0.3) is 21.8 Å². The van der Waals surface area contributed by atoms with Crippen molar-refractivity contribution in [3.05, 3.63) is 60.1 Å². The summed E-state index contributed by atoms with van der Waals surface area (Å²) in [4.78, 5) is 9.01.